The maximum Gasteiger partial charge on any atom is 0.261 e. The van der Waals surface area contributed by atoms with E-state index in [9.17, 15) is 8.42 Å². The van der Waals surface area contributed by atoms with E-state index in [-0.39, 0.29) is 11.3 Å². The van der Waals surface area contributed by atoms with Crippen LogP contribution in [-0.4, -0.2) is 13.4 Å². The number of aromatic nitrogens is 1. The van der Waals surface area contributed by atoms with E-state index < -0.39 is 10.0 Å². The summed E-state index contributed by atoms with van der Waals surface area (Å²) in [4.78, 5) is 4.19. The van der Waals surface area contributed by atoms with Gasteiger partial charge in [-0.1, -0.05) is 12.1 Å². The monoisotopic (exact) mass is 365 g/mol. The predicted octanol–water partition coefficient (Wildman–Crippen LogP) is 3.02. The number of anilines is 1. The number of benzene rings is 1. The molecule has 0 fully saturated rings. The van der Waals surface area contributed by atoms with Gasteiger partial charge in [-0.05, 0) is 52.2 Å². The third-order valence-electron chi connectivity index (χ3n) is 2.78. The van der Waals surface area contributed by atoms with Gasteiger partial charge in [-0.25, -0.2) is 13.4 Å². The van der Waals surface area contributed by atoms with Gasteiger partial charge in [0, 0.05) is 0 Å². The van der Waals surface area contributed by atoms with Gasteiger partial charge < -0.3 is 0 Å². The summed E-state index contributed by atoms with van der Waals surface area (Å²) in [6.45, 7) is 1.82. The zero-order chi connectivity index (χ0) is 15.5. The quantitative estimate of drug-likeness (QED) is 0.844. The zero-order valence-corrected chi connectivity index (χ0v) is 13.6. The van der Waals surface area contributed by atoms with Crippen LogP contribution in [0.15, 0.2) is 46.0 Å². The number of nitriles is 1. The predicted molar refractivity (Wildman–Crippen MR) is 83.2 cm³/mol. The Morgan fingerprint density at radius 1 is 1.33 bits per heavy atom. The summed E-state index contributed by atoms with van der Waals surface area (Å²) < 4.78 is 27.7. The first-order chi connectivity index (χ1) is 9.92. The highest BCUT2D eigenvalue weighted by Gasteiger charge is 2.14. The van der Waals surface area contributed by atoms with Crippen molar-refractivity contribution in [3.8, 4) is 6.07 Å². The first-order valence-corrected chi connectivity index (χ1v) is 8.31. The summed E-state index contributed by atoms with van der Waals surface area (Å²) in [5, 5.41) is 8.60. The van der Waals surface area contributed by atoms with Crippen molar-refractivity contribution in [2.45, 2.75) is 18.2 Å². The third-order valence-corrected chi connectivity index (χ3v) is 5.01. The second-order valence-electron chi connectivity index (χ2n) is 4.42. The molecule has 0 spiro atoms. The number of aryl methyl sites for hydroxylation is 1. The van der Waals surface area contributed by atoms with Crippen LogP contribution in [0.3, 0.4) is 0 Å². The minimum absolute atomic E-state index is 0.143. The van der Waals surface area contributed by atoms with Crippen molar-refractivity contribution in [3.05, 3.63) is 52.3 Å². The van der Waals surface area contributed by atoms with Gasteiger partial charge in [-0.15, -0.1) is 0 Å². The molecule has 0 radical (unpaired) electrons. The molecule has 2 aromatic rings. The lowest BCUT2D eigenvalue weighted by molar-refractivity contribution is 0.601. The van der Waals surface area contributed by atoms with E-state index in [4.69, 9.17) is 5.26 Å². The van der Waals surface area contributed by atoms with Gasteiger partial charge in [0.15, 0.2) is 0 Å². The summed E-state index contributed by atoms with van der Waals surface area (Å²) in [7, 11) is -3.66. The largest absolute Gasteiger partial charge is 0.278 e. The van der Waals surface area contributed by atoms with Gasteiger partial charge in [0.2, 0.25) is 0 Å². The highest BCUT2D eigenvalue weighted by atomic mass is 79.9. The number of nitrogens with zero attached hydrogens (tertiary/aromatic N) is 2. The van der Waals surface area contributed by atoms with Crippen molar-refractivity contribution < 1.29 is 8.42 Å². The second kappa shape index (κ2) is 6.24. The maximum absolute atomic E-state index is 12.3. The van der Waals surface area contributed by atoms with E-state index in [0.29, 0.717) is 10.3 Å². The van der Waals surface area contributed by atoms with Gasteiger partial charge in [0.1, 0.15) is 4.60 Å². The number of rotatable bonds is 4. The van der Waals surface area contributed by atoms with Crippen LogP contribution in [0.5, 0.6) is 0 Å². The van der Waals surface area contributed by atoms with Crippen LogP contribution in [0, 0.1) is 18.3 Å². The van der Waals surface area contributed by atoms with Gasteiger partial charge in [0.25, 0.3) is 10.0 Å². The number of pyridine rings is 1. The summed E-state index contributed by atoms with van der Waals surface area (Å²) in [6, 6.07) is 9.93. The first-order valence-electron chi connectivity index (χ1n) is 6.03. The Kier molecular flexibility index (Phi) is 4.60. The fraction of sp³-hybridized carbons (Fsp3) is 0.143. The smallest absolute Gasteiger partial charge is 0.261 e. The SMILES string of the molecule is Cc1cc(NS(=O)(=O)c2ccc(CC#N)cc2)cnc1Br. The van der Waals surface area contributed by atoms with Crippen molar-refractivity contribution in [2.75, 3.05) is 4.72 Å². The lowest BCUT2D eigenvalue weighted by Crippen LogP contribution is -2.13. The Bertz CT molecular complexity index is 796. The molecular weight excluding hydrogens is 354 g/mol. The molecule has 1 N–H and O–H groups in total. The van der Waals surface area contributed by atoms with Crippen molar-refractivity contribution in [1.29, 1.82) is 5.26 Å². The molecule has 0 atom stereocenters. The van der Waals surface area contributed by atoms with Gasteiger partial charge in [0.05, 0.1) is 29.3 Å². The molecule has 0 saturated carbocycles. The van der Waals surface area contributed by atoms with Crippen LogP contribution in [-0.2, 0) is 16.4 Å². The molecular formula is C14H12BrN3O2S. The molecule has 0 unspecified atom stereocenters. The van der Waals surface area contributed by atoms with Crippen molar-refractivity contribution in [3.63, 3.8) is 0 Å². The van der Waals surface area contributed by atoms with Crippen LogP contribution in [0.25, 0.3) is 0 Å². The molecule has 5 nitrogen and oxygen atoms in total. The molecule has 21 heavy (non-hydrogen) atoms. The Morgan fingerprint density at radius 3 is 2.57 bits per heavy atom. The number of halogens is 1. The molecule has 1 aromatic heterocycles. The first kappa shape index (κ1) is 15.5. The second-order valence-corrected chi connectivity index (χ2v) is 6.85. The van der Waals surface area contributed by atoms with Gasteiger partial charge in [-0.2, -0.15) is 5.26 Å². The zero-order valence-electron chi connectivity index (χ0n) is 11.2. The molecule has 0 bridgehead atoms. The van der Waals surface area contributed by atoms with E-state index in [1.165, 1.54) is 18.3 Å². The Morgan fingerprint density at radius 2 is 2.00 bits per heavy atom. The number of nitrogens with one attached hydrogen (secondary N) is 1. The van der Waals surface area contributed by atoms with Crippen LogP contribution in [0.4, 0.5) is 5.69 Å². The molecule has 0 aliphatic heterocycles. The lowest BCUT2D eigenvalue weighted by Gasteiger charge is -2.09. The van der Waals surface area contributed by atoms with Crippen LogP contribution in [0.2, 0.25) is 0 Å². The molecule has 0 amide bonds. The summed E-state index contributed by atoms with van der Waals surface area (Å²) in [5.41, 5.74) is 2.01. The molecule has 2 rings (SSSR count). The molecule has 1 aromatic carbocycles. The fourth-order valence-corrected chi connectivity index (χ4v) is 2.96. The molecule has 0 aliphatic carbocycles. The lowest BCUT2D eigenvalue weighted by atomic mass is 10.2. The minimum Gasteiger partial charge on any atom is -0.278 e. The van der Waals surface area contributed by atoms with Crippen LogP contribution < -0.4 is 4.72 Å². The summed E-state index contributed by atoms with van der Waals surface area (Å²) in [5.74, 6) is 0. The average Bonchev–Trinajstić information content (AvgIpc) is 2.44. The number of sulfonamides is 1. The summed E-state index contributed by atoms with van der Waals surface area (Å²) >= 11 is 3.26. The Hall–Kier alpha value is -1.91. The van der Waals surface area contributed by atoms with Gasteiger partial charge in [-0.3, -0.25) is 4.72 Å². The molecule has 7 heteroatoms. The third kappa shape index (κ3) is 3.80. The topological polar surface area (TPSA) is 82.9 Å². The van der Waals surface area contributed by atoms with Crippen molar-refractivity contribution >= 4 is 31.6 Å². The average molecular weight is 366 g/mol. The summed E-state index contributed by atoms with van der Waals surface area (Å²) in [6.07, 6.45) is 1.70. The van der Waals surface area contributed by atoms with E-state index in [2.05, 4.69) is 25.6 Å². The Balaban J connectivity index is 2.25. The van der Waals surface area contributed by atoms with Gasteiger partial charge >= 0.3 is 0 Å². The number of hydrogen-bond acceptors (Lipinski definition) is 4. The number of hydrogen-bond donors (Lipinski definition) is 1. The Labute approximate surface area is 131 Å². The van der Waals surface area contributed by atoms with E-state index in [1.54, 1.807) is 18.2 Å². The maximum atomic E-state index is 12.3. The molecule has 108 valence electrons. The standard InChI is InChI=1S/C14H12BrN3O2S/c1-10-8-12(9-17-14(10)15)18-21(19,20)13-4-2-11(3-5-13)6-7-16/h2-5,8-9,18H,6H2,1H3. The highest BCUT2D eigenvalue weighted by Crippen LogP contribution is 2.20. The minimum atomic E-state index is -3.66. The van der Waals surface area contributed by atoms with E-state index >= 15 is 0 Å². The highest BCUT2D eigenvalue weighted by molar-refractivity contribution is 9.10. The molecule has 1 heterocycles. The van der Waals surface area contributed by atoms with Crippen molar-refractivity contribution in [2.24, 2.45) is 0 Å². The van der Waals surface area contributed by atoms with E-state index in [0.717, 1.165) is 11.1 Å². The fourth-order valence-electron chi connectivity index (χ4n) is 1.71. The molecule has 0 saturated heterocycles. The van der Waals surface area contributed by atoms with Crippen molar-refractivity contribution in [1.82, 2.24) is 4.98 Å². The van der Waals surface area contributed by atoms with Crippen LogP contribution in [0.1, 0.15) is 11.1 Å². The van der Waals surface area contributed by atoms with Crippen LogP contribution >= 0.6 is 15.9 Å². The molecule has 0 aliphatic rings. The normalized spacial score (nSPS) is 10.9. The van der Waals surface area contributed by atoms with E-state index in [1.807, 2.05) is 13.0 Å².